The van der Waals surface area contributed by atoms with E-state index in [1.807, 2.05) is 0 Å². The molecule has 0 amide bonds. The SMILES string of the molecule is C[C@@]1(C(=O)Oc2ccc([N+](=O)[O-])cc2)CC/C=C/C(OC(=O)Oc2ccc([N+](=O)[O-])cc2)CC1. The molecule has 2 aromatic carbocycles. The third-order valence-electron chi connectivity index (χ3n) is 5.44. The molecule has 1 unspecified atom stereocenters. The highest BCUT2D eigenvalue weighted by atomic mass is 16.7. The molecule has 0 spiro atoms. The predicted molar refractivity (Wildman–Crippen MR) is 118 cm³/mol. The van der Waals surface area contributed by atoms with Crippen molar-refractivity contribution in [2.45, 2.75) is 38.7 Å². The van der Waals surface area contributed by atoms with Gasteiger partial charge >= 0.3 is 12.1 Å². The van der Waals surface area contributed by atoms with E-state index >= 15 is 0 Å². The number of non-ortho nitro benzene ring substituents is 2. The lowest BCUT2D eigenvalue weighted by atomic mass is 9.79. The predicted octanol–water partition coefficient (Wildman–Crippen LogP) is 5.13. The van der Waals surface area contributed by atoms with Gasteiger partial charge in [0.2, 0.25) is 0 Å². The molecule has 0 aromatic heterocycles. The zero-order valence-corrected chi connectivity index (χ0v) is 18.2. The molecule has 1 aliphatic rings. The van der Waals surface area contributed by atoms with Crippen molar-refractivity contribution in [3.05, 3.63) is 80.9 Å². The van der Waals surface area contributed by atoms with Gasteiger partial charge in [-0.1, -0.05) is 6.08 Å². The molecular formula is C23H22N2O9. The van der Waals surface area contributed by atoms with Gasteiger partial charge < -0.3 is 14.2 Å². The molecule has 178 valence electrons. The number of nitrogens with zero attached hydrogens (tertiary/aromatic N) is 2. The maximum atomic E-state index is 12.9. The van der Waals surface area contributed by atoms with E-state index in [1.165, 1.54) is 48.5 Å². The summed E-state index contributed by atoms with van der Waals surface area (Å²) in [6.45, 7) is 1.76. The Kier molecular flexibility index (Phi) is 7.57. The first-order valence-corrected chi connectivity index (χ1v) is 10.4. The van der Waals surface area contributed by atoms with Crippen LogP contribution in [0.4, 0.5) is 16.2 Å². The fourth-order valence-corrected chi connectivity index (χ4v) is 3.38. The number of hydrogen-bond acceptors (Lipinski definition) is 9. The fraction of sp³-hybridized carbons (Fsp3) is 0.304. The molecule has 2 aromatic rings. The van der Waals surface area contributed by atoms with Crippen LogP contribution in [0.2, 0.25) is 0 Å². The van der Waals surface area contributed by atoms with Gasteiger partial charge in [0.05, 0.1) is 15.3 Å². The van der Waals surface area contributed by atoms with Gasteiger partial charge in [-0.05, 0) is 62.9 Å². The first-order valence-electron chi connectivity index (χ1n) is 10.4. The minimum absolute atomic E-state index is 0.0990. The van der Waals surface area contributed by atoms with Gasteiger partial charge in [-0.3, -0.25) is 25.0 Å². The first-order chi connectivity index (χ1) is 16.2. The number of carbonyl (C=O) groups excluding carboxylic acids is 2. The maximum absolute atomic E-state index is 12.9. The minimum Gasteiger partial charge on any atom is -0.426 e. The number of ether oxygens (including phenoxy) is 3. The lowest BCUT2D eigenvalue weighted by Crippen LogP contribution is -2.34. The highest BCUT2D eigenvalue weighted by Crippen LogP contribution is 2.35. The van der Waals surface area contributed by atoms with Crippen LogP contribution in [0.15, 0.2) is 60.7 Å². The third kappa shape index (κ3) is 6.37. The summed E-state index contributed by atoms with van der Waals surface area (Å²) in [7, 11) is 0. The van der Waals surface area contributed by atoms with E-state index in [0.29, 0.717) is 25.7 Å². The highest BCUT2D eigenvalue weighted by molar-refractivity contribution is 5.79. The zero-order chi connectivity index (χ0) is 24.7. The Morgan fingerprint density at radius 3 is 1.94 bits per heavy atom. The summed E-state index contributed by atoms with van der Waals surface area (Å²) in [5.74, 6) is -0.181. The van der Waals surface area contributed by atoms with Crippen LogP contribution in [0.5, 0.6) is 11.5 Å². The summed E-state index contributed by atoms with van der Waals surface area (Å²) < 4.78 is 15.9. The summed E-state index contributed by atoms with van der Waals surface area (Å²) in [6.07, 6.45) is 3.66. The van der Waals surface area contributed by atoms with E-state index in [9.17, 15) is 29.8 Å². The molecule has 1 aliphatic carbocycles. The molecule has 0 saturated carbocycles. The van der Waals surface area contributed by atoms with Crippen molar-refractivity contribution in [3.63, 3.8) is 0 Å². The Morgan fingerprint density at radius 1 is 0.882 bits per heavy atom. The van der Waals surface area contributed by atoms with Crippen LogP contribution < -0.4 is 9.47 Å². The van der Waals surface area contributed by atoms with Gasteiger partial charge in [-0.15, -0.1) is 0 Å². The van der Waals surface area contributed by atoms with Gasteiger partial charge in [0.1, 0.15) is 17.6 Å². The molecule has 0 saturated heterocycles. The van der Waals surface area contributed by atoms with E-state index in [0.717, 1.165) is 0 Å². The summed E-state index contributed by atoms with van der Waals surface area (Å²) in [4.78, 5) is 45.4. The molecule has 11 nitrogen and oxygen atoms in total. The number of nitro benzene ring substituents is 2. The number of esters is 1. The number of carbonyl (C=O) groups is 2. The summed E-state index contributed by atoms with van der Waals surface area (Å²) in [5, 5.41) is 21.5. The first kappa shape index (κ1) is 24.4. The van der Waals surface area contributed by atoms with Crippen LogP contribution in [0.1, 0.15) is 32.6 Å². The lowest BCUT2D eigenvalue weighted by molar-refractivity contribution is -0.385. The number of hydrogen-bond donors (Lipinski definition) is 0. The van der Waals surface area contributed by atoms with Crippen molar-refractivity contribution >= 4 is 23.5 Å². The Balaban J connectivity index is 1.57. The quantitative estimate of drug-likeness (QED) is 0.140. The molecule has 0 fully saturated rings. The second-order valence-corrected chi connectivity index (χ2v) is 7.97. The van der Waals surface area contributed by atoms with Crippen LogP contribution in [0, 0.1) is 25.6 Å². The molecule has 3 rings (SSSR count). The molecule has 34 heavy (non-hydrogen) atoms. The highest BCUT2D eigenvalue weighted by Gasteiger charge is 2.36. The average molecular weight is 470 g/mol. The summed E-state index contributed by atoms with van der Waals surface area (Å²) in [5.41, 5.74) is -1.11. The van der Waals surface area contributed by atoms with Crippen molar-refractivity contribution in [1.29, 1.82) is 0 Å². The number of benzene rings is 2. The molecule has 0 radical (unpaired) electrons. The van der Waals surface area contributed by atoms with Gasteiger partial charge in [-0.2, -0.15) is 0 Å². The minimum atomic E-state index is -0.973. The molecule has 0 aliphatic heterocycles. The van der Waals surface area contributed by atoms with Gasteiger partial charge in [0.25, 0.3) is 11.4 Å². The monoisotopic (exact) mass is 470 g/mol. The van der Waals surface area contributed by atoms with Crippen LogP contribution >= 0.6 is 0 Å². The molecular weight excluding hydrogens is 448 g/mol. The average Bonchev–Trinajstić information content (AvgIpc) is 2.79. The molecule has 0 bridgehead atoms. The van der Waals surface area contributed by atoms with Crippen LogP contribution in [0.25, 0.3) is 0 Å². The van der Waals surface area contributed by atoms with Crippen molar-refractivity contribution in [1.82, 2.24) is 0 Å². The Morgan fingerprint density at radius 2 is 1.41 bits per heavy atom. The topological polar surface area (TPSA) is 148 Å². The zero-order valence-electron chi connectivity index (χ0n) is 18.2. The second-order valence-electron chi connectivity index (χ2n) is 7.97. The van der Waals surface area contributed by atoms with Crippen molar-refractivity contribution in [2.75, 3.05) is 0 Å². The van der Waals surface area contributed by atoms with Crippen molar-refractivity contribution in [2.24, 2.45) is 5.41 Å². The second kappa shape index (κ2) is 10.6. The molecule has 2 atom stereocenters. The number of allylic oxidation sites excluding steroid dienone is 1. The lowest BCUT2D eigenvalue weighted by Gasteiger charge is -2.29. The Labute approximate surface area is 194 Å². The molecule has 0 heterocycles. The van der Waals surface area contributed by atoms with E-state index in [-0.39, 0.29) is 22.9 Å². The Hall–Kier alpha value is -4.28. The van der Waals surface area contributed by atoms with Gasteiger partial charge in [-0.25, -0.2) is 4.79 Å². The van der Waals surface area contributed by atoms with Crippen LogP contribution in [-0.4, -0.2) is 28.1 Å². The third-order valence-corrected chi connectivity index (χ3v) is 5.44. The smallest absolute Gasteiger partial charge is 0.426 e. The Bertz CT molecular complexity index is 1100. The van der Waals surface area contributed by atoms with Crippen LogP contribution in [0.3, 0.4) is 0 Å². The number of nitro groups is 2. The summed E-state index contributed by atoms with van der Waals surface area (Å²) in [6, 6.07) is 10.2. The van der Waals surface area contributed by atoms with Crippen LogP contribution in [-0.2, 0) is 9.53 Å². The van der Waals surface area contributed by atoms with Gasteiger partial charge in [0, 0.05) is 24.3 Å². The number of rotatable bonds is 6. The fourth-order valence-electron chi connectivity index (χ4n) is 3.38. The molecule has 0 N–H and O–H groups in total. The van der Waals surface area contributed by atoms with E-state index in [4.69, 9.17) is 14.2 Å². The normalized spacial score (nSPS) is 20.8. The van der Waals surface area contributed by atoms with Crippen molar-refractivity contribution in [3.8, 4) is 11.5 Å². The van der Waals surface area contributed by atoms with E-state index in [2.05, 4.69) is 0 Å². The largest absolute Gasteiger partial charge is 0.514 e. The van der Waals surface area contributed by atoms with E-state index < -0.39 is 33.5 Å². The standard InChI is InChI=1S/C23H22N2O9/c1-23(21(26)32-19-9-5-16(6-10-19)24(28)29)14-3-2-4-18(13-15-23)33-22(27)34-20-11-7-17(8-12-20)25(30)31/h2,4-12,18H,3,13-15H2,1H3/b4-2+/t18?,23-/m1/s1. The van der Waals surface area contributed by atoms with Crippen molar-refractivity contribution < 1.29 is 33.6 Å². The maximum Gasteiger partial charge on any atom is 0.514 e. The molecule has 11 heteroatoms. The summed E-state index contributed by atoms with van der Waals surface area (Å²) >= 11 is 0. The van der Waals surface area contributed by atoms with Gasteiger partial charge in [0.15, 0.2) is 0 Å². The van der Waals surface area contributed by atoms with E-state index in [1.54, 1.807) is 19.1 Å².